The number of carboxylic acid groups (broad SMARTS) is 1. The third-order valence-electron chi connectivity index (χ3n) is 3.02. The summed E-state index contributed by atoms with van der Waals surface area (Å²) in [5, 5.41) is 10.9. The van der Waals surface area contributed by atoms with E-state index in [1.54, 1.807) is 11.3 Å². The molecule has 16 heavy (non-hydrogen) atoms. The van der Waals surface area contributed by atoms with Gasteiger partial charge >= 0.3 is 5.97 Å². The Morgan fingerprint density at radius 1 is 1.62 bits per heavy atom. The van der Waals surface area contributed by atoms with Gasteiger partial charge < -0.3 is 5.11 Å². The van der Waals surface area contributed by atoms with Gasteiger partial charge in [-0.1, -0.05) is 13.0 Å². The van der Waals surface area contributed by atoms with Gasteiger partial charge in [0.1, 0.15) is 0 Å². The van der Waals surface area contributed by atoms with Crippen molar-refractivity contribution in [2.45, 2.75) is 38.8 Å². The van der Waals surface area contributed by atoms with Crippen LogP contribution in [0.1, 0.15) is 37.6 Å². The van der Waals surface area contributed by atoms with E-state index in [0.29, 0.717) is 0 Å². The predicted molar refractivity (Wildman–Crippen MR) is 66.8 cm³/mol. The van der Waals surface area contributed by atoms with Crippen LogP contribution in [0.25, 0.3) is 0 Å². The van der Waals surface area contributed by atoms with Crippen molar-refractivity contribution >= 4 is 17.3 Å². The first kappa shape index (κ1) is 13.2. The van der Waals surface area contributed by atoms with Gasteiger partial charge in [-0.05, 0) is 31.8 Å². The number of aliphatic carboxylic acids is 1. The van der Waals surface area contributed by atoms with E-state index in [4.69, 9.17) is 5.11 Å². The Labute approximate surface area is 101 Å². The van der Waals surface area contributed by atoms with Gasteiger partial charge in [-0.3, -0.25) is 9.69 Å². The summed E-state index contributed by atoms with van der Waals surface area (Å²) in [7, 11) is 2.00. The maximum atomic E-state index is 10.8. The molecule has 1 aromatic heterocycles. The molecule has 0 aliphatic carbocycles. The van der Waals surface area contributed by atoms with Crippen molar-refractivity contribution in [1.29, 1.82) is 0 Å². The number of hydrogen-bond donors (Lipinski definition) is 1. The average molecular weight is 241 g/mol. The second-order valence-electron chi connectivity index (χ2n) is 4.02. The largest absolute Gasteiger partial charge is 0.481 e. The number of rotatable bonds is 6. The molecular formula is C12H19NO2S. The number of hydrogen-bond acceptors (Lipinski definition) is 3. The van der Waals surface area contributed by atoms with Crippen molar-refractivity contribution in [3.05, 3.63) is 22.4 Å². The van der Waals surface area contributed by atoms with Crippen molar-refractivity contribution in [2.24, 2.45) is 0 Å². The molecule has 0 fully saturated rings. The molecule has 2 unspecified atom stereocenters. The molecule has 4 heteroatoms. The van der Waals surface area contributed by atoms with Crippen LogP contribution >= 0.6 is 11.3 Å². The fourth-order valence-electron chi connectivity index (χ4n) is 1.82. The number of carboxylic acids is 1. The van der Waals surface area contributed by atoms with E-state index in [9.17, 15) is 4.79 Å². The Morgan fingerprint density at radius 2 is 2.31 bits per heavy atom. The van der Waals surface area contributed by atoms with Crippen LogP contribution in [0.5, 0.6) is 0 Å². The third kappa shape index (κ3) is 3.32. The van der Waals surface area contributed by atoms with Crippen LogP contribution in [0, 0.1) is 0 Å². The summed E-state index contributed by atoms with van der Waals surface area (Å²) >= 11 is 1.72. The zero-order valence-corrected chi connectivity index (χ0v) is 10.8. The SMILES string of the molecule is CCC(CC(=O)O)N(C)C(C)c1cccs1. The Balaban J connectivity index is 2.67. The fraction of sp³-hybridized carbons (Fsp3) is 0.583. The van der Waals surface area contributed by atoms with Crippen molar-refractivity contribution in [3.63, 3.8) is 0 Å². The van der Waals surface area contributed by atoms with Gasteiger partial charge in [-0.15, -0.1) is 11.3 Å². The molecule has 3 nitrogen and oxygen atoms in total. The lowest BCUT2D eigenvalue weighted by Gasteiger charge is -2.31. The van der Waals surface area contributed by atoms with Crippen molar-refractivity contribution in [3.8, 4) is 0 Å². The second-order valence-corrected chi connectivity index (χ2v) is 5.00. The summed E-state index contributed by atoms with van der Waals surface area (Å²) in [5.41, 5.74) is 0. The topological polar surface area (TPSA) is 40.5 Å². The second kappa shape index (κ2) is 6.01. The minimum Gasteiger partial charge on any atom is -0.481 e. The average Bonchev–Trinajstić information content (AvgIpc) is 2.76. The van der Waals surface area contributed by atoms with E-state index >= 15 is 0 Å². The molecule has 0 aromatic carbocycles. The Bertz CT molecular complexity index is 324. The zero-order valence-electron chi connectivity index (χ0n) is 10.0. The van der Waals surface area contributed by atoms with Crippen LogP contribution in [-0.4, -0.2) is 29.1 Å². The standard InChI is InChI=1S/C12H19NO2S/c1-4-10(8-12(14)15)13(3)9(2)11-6-5-7-16-11/h5-7,9-10H,4,8H2,1-3H3,(H,14,15). The lowest BCUT2D eigenvalue weighted by molar-refractivity contribution is -0.138. The van der Waals surface area contributed by atoms with E-state index in [1.165, 1.54) is 4.88 Å². The zero-order chi connectivity index (χ0) is 12.1. The van der Waals surface area contributed by atoms with Gasteiger partial charge in [-0.25, -0.2) is 0 Å². The molecule has 0 spiro atoms. The molecule has 90 valence electrons. The highest BCUT2D eigenvalue weighted by atomic mass is 32.1. The molecule has 1 rings (SSSR count). The molecule has 0 saturated carbocycles. The third-order valence-corrected chi connectivity index (χ3v) is 4.07. The van der Waals surface area contributed by atoms with Crippen molar-refractivity contribution in [1.82, 2.24) is 4.90 Å². The van der Waals surface area contributed by atoms with Crippen LogP contribution < -0.4 is 0 Å². The summed E-state index contributed by atoms with van der Waals surface area (Å²) in [6, 6.07) is 4.51. The monoisotopic (exact) mass is 241 g/mol. The molecule has 0 aliphatic rings. The van der Waals surface area contributed by atoms with Gasteiger partial charge in [0.2, 0.25) is 0 Å². The first-order chi connectivity index (χ1) is 7.56. The van der Waals surface area contributed by atoms with Crippen molar-refractivity contribution in [2.75, 3.05) is 7.05 Å². The van der Waals surface area contributed by atoms with E-state index < -0.39 is 5.97 Å². The van der Waals surface area contributed by atoms with Gasteiger partial charge in [0, 0.05) is 17.0 Å². The van der Waals surface area contributed by atoms with E-state index in [2.05, 4.69) is 23.3 Å². The molecule has 2 atom stereocenters. The van der Waals surface area contributed by atoms with Crippen LogP contribution in [0.4, 0.5) is 0 Å². The van der Waals surface area contributed by atoms with Gasteiger partial charge in [0.25, 0.3) is 0 Å². The molecule has 0 bridgehead atoms. The number of carbonyl (C=O) groups is 1. The summed E-state index contributed by atoms with van der Waals surface area (Å²) in [6.07, 6.45) is 1.07. The highest BCUT2D eigenvalue weighted by Crippen LogP contribution is 2.26. The molecule has 1 N–H and O–H groups in total. The Morgan fingerprint density at radius 3 is 2.75 bits per heavy atom. The maximum Gasteiger partial charge on any atom is 0.304 e. The van der Waals surface area contributed by atoms with Gasteiger partial charge in [0.05, 0.1) is 6.42 Å². The molecule has 0 aliphatic heterocycles. The van der Waals surface area contributed by atoms with E-state index in [1.807, 2.05) is 20.0 Å². The van der Waals surface area contributed by atoms with Crippen LogP contribution in [0.2, 0.25) is 0 Å². The van der Waals surface area contributed by atoms with Crippen LogP contribution in [0.15, 0.2) is 17.5 Å². The van der Waals surface area contributed by atoms with E-state index in [-0.39, 0.29) is 18.5 Å². The van der Waals surface area contributed by atoms with Gasteiger partial charge in [-0.2, -0.15) is 0 Å². The van der Waals surface area contributed by atoms with Crippen LogP contribution in [0.3, 0.4) is 0 Å². The smallest absolute Gasteiger partial charge is 0.304 e. The minimum atomic E-state index is -0.725. The lowest BCUT2D eigenvalue weighted by atomic mass is 10.1. The summed E-state index contributed by atoms with van der Waals surface area (Å²) in [5.74, 6) is -0.725. The normalized spacial score (nSPS) is 15.0. The first-order valence-corrected chi connectivity index (χ1v) is 6.41. The molecule has 0 amide bonds. The maximum absolute atomic E-state index is 10.8. The molecule has 0 saturated heterocycles. The highest BCUT2D eigenvalue weighted by Gasteiger charge is 2.22. The predicted octanol–water partition coefficient (Wildman–Crippen LogP) is 2.99. The summed E-state index contributed by atoms with van der Waals surface area (Å²) < 4.78 is 0. The minimum absolute atomic E-state index is 0.106. The fourth-order valence-corrected chi connectivity index (χ4v) is 2.66. The summed E-state index contributed by atoms with van der Waals surface area (Å²) in [6.45, 7) is 4.15. The molecule has 1 heterocycles. The lowest BCUT2D eigenvalue weighted by Crippen LogP contribution is -2.34. The Hall–Kier alpha value is -0.870. The first-order valence-electron chi connectivity index (χ1n) is 5.53. The molecular weight excluding hydrogens is 222 g/mol. The van der Waals surface area contributed by atoms with Crippen LogP contribution in [-0.2, 0) is 4.79 Å². The van der Waals surface area contributed by atoms with Crippen molar-refractivity contribution < 1.29 is 9.90 Å². The van der Waals surface area contributed by atoms with Gasteiger partial charge in [0.15, 0.2) is 0 Å². The Kier molecular flexibility index (Phi) is 4.96. The number of thiophene rings is 1. The van der Waals surface area contributed by atoms with E-state index in [0.717, 1.165) is 6.42 Å². The summed E-state index contributed by atoms with van der Waals surface area (Å²) in [4.78, 5) is 14.2. The quantitative estimate of drug-likeness (QED) is 0.832. The molecule has 1 aromatic rings. The number of nitrogens with zero attached hydrogens (tertiary/aromatic N) is 1. The highest BCUT2D eigenvalue weighted by molar-refractivity contribution is 7.10. The molecule has 0 radical (unpaired) electrons.